The van der Waals surface area contributed by atoms with Gasteiger partial charge in [0.2, 0.25) is 0 Å². The Morgan fingerprint density at radius 2 is 1.35 bits per heavy atom. The van der Waals surface area contributed by atoms with E-state index in [4.69, 9.17) is 5.26 Å². The standard InChI is InChI=1S/C37H29N3/c1-39(31-15-12-26(25-38)13-16-31)32-18-20-33(21-19-32)40(35-17-14-27-6-2-3-7-28(27)22-35)34-10-4-8-29(23-34)36-11-5-9-30-24-37(30)36/h2-23,30,37H,24H2,1H3. The second kappa shape index (κ2) is 9.91. The van der Waals surface area contributed by atoms with Crippen LogP contribution in [0.4, 0.5) is 28.4 Å². The molecule has 40 heavy (non-hydrogen) atoms. The third-order valence-corrected chi connectivity index (χ3v) is 8.18. The normalized spacial score (nSPS) is 17.1. The second-order valence-electron chi connectivity index (χ2n) is 10.7. The van der Waals surface area contributed by atoms with Gasteiger partial charge < -0.3 is 9.80 Å². The van der Waals surface area contributed by atoms with Crippen LogP contribution in [0.1, 0.15) is 17.5 Å². The van der Waals surface area contributed by atoms with Gasteiger partial charge in [0.05, 0.1) is 11.6 Å². The van der Waals surface area contributed by atoms with E-state index in [2.05, 4.69) is 132 Å². The molecule has 1 saturated carbocycles. The van der Waals surface area contributed by atoms with Gasteiger partial charge in [0.1, 0.15) is 0 Å². The maximum absolute atomic E-state index is 9.14. The Labute approximate surface area is 235 Å². The van der Waals surface area contributed by atoms with Crippen molar-refractivity contribution in [1.29, 1.82) is 5.26 Å². The van der Waals surface area contributed by atoms with Gasteiger partial charge in [-0.2, -0.15) is 5.26 Å². The van der Waals surface area contributed by atoms with Crippen LogP contribution in [-0.4, -0.2) is 7.05 Å². The van der Waals surface area contributed by atoms with Crippen molar-refractivity contribution in [3.63, 3.8) is 0 Å². The molecule has 5 aromatic rings. The third-order valence-electron chi connectivity index (χ3n) is 8.18. The van der Waals surface area contributed by atoms with E-state index in [0.717, 1.165) is 28.4 Å². The monoisotopic (exact) mass is 515 g/mol. The van der Waals surface area contributed by atoms with Gasteiger partial charge in [-0.1, -0.05) is 60.7 Å². The van der Waals surface area contributed by atoms with E-state index < -0.39 is 0 Å². The predicted molar refractivity (Wildman–Crippen MR) is 167 cm³/mol. The fourth-order valence-corrected chi connectivity index (χ4v) is 5.84. The van der Waals surface area contributed by atoms with Crippen LogP contribution >= 0.6 is 0 Å². The molecule has 0 radical (unpaired) electrons. The first-order chi connectivity index (χ1) is 19.7. The summed E-state index contributed by atoms with van der Waals surface area (Å²) in [5.74, 6) is 1.37. The van der Waals surface area contributed by atoms with Crippen molar-refractivity contribution < 1.29 is 0 Å². The molecule has 1 fully saturated rings. The number of benzene rings is 5. The van der Waals surface area contributed by atoms with Crippen molar-refractivity contribution in [2.45, 2.75) is 6.42 Å². The summed E-state index contributed by atoms with van der Waals surface area (Å²) in [6, 6.07) is 42.8. The molecule has 3 heteroatoms. The molecule has 0 N–H and O–H groups in total. The maximum Gasteiger partial charge on any atom is 0.0991 e. The molecule has 0 amide bonds. The largest absolute Gasteiger partial charge is 0.345 e. The number of fused-ring (bicyclic) bond motifs is 2. The fourth-order valence-electron chi connectivity index (χ4n) is 5.84. The third kappa shape index (κ3) is 4.44. The molecule has 2 aliphatic carbocycles. The number of hydrogen-bond acceptors (Lipinski definition) is 3. The zero-order chi connectivity index (χ0) is 27.1. The molecule has 192 valence electrons. The number of rotatable bonds is 6. The van der Waals surface area contributed by atoms with Gasteiger partial charge in [0.15, 0.2) is 0 Å². The number of nitrogens with zero attached hydrogens (tertiary/aromatic N) is 3. The molecule has 3 nitrogen and oxygen atoms in total. The molecule has 2 aliphatic rings. The first-order valence-electron chi connectivity index (χ1n) is 13.8. The smallest absolute Gasteiger partial charge is 0.0991 e. The van der Waals surface area contributed by atoms with E-state index in [0.29, 0.717) is 17.4 Å². The highest BCUT2D eigenvalue weighted by Crippen LogP contribution is 2.51. The number of nitriles is 1. The van der Waals surface area contributed by atoms with E-state index in [1.54, 1.807) is 0 Å². The molecule has 5 aromatic carbocycles. The van der Waals surface area contributed by atoms with E-state index in [1.165, 1.54) is 28.3 Å². The molecule has 0 aliphatic heterocycles. The average Bonchev–Trinajstić information content (AvgIpc) is 3.82. The Hall–Kier alpha value is -5.07. The van der Waals surface area contributed by atoms with Crippen LogP contribution < -0.4 is 9.80 Å². The Morgan fingerprint density at radius 3 is 2.12 bits per heavy atom. The lowest BCUT2D eigenvalue weighted by molar-refractivity contribution is 0.999. The summed E-state index contributed by atoms with van der Waals surface area (Å²) in [5.41, 5.74) is 8.92. The number of hydrogen-bond donors (Lipinski definition) is 0. The lowest BCUT2D eigenvalue weighted by atomic mass is 9.96. The molecular weight excluding hydrogens is 486 g/mol. The van der Waals surface area contributed by atoms with E-state index in [-0.39, 0.29) is 0 Å². The summed E-state index contributed by atoms with van der Waals surface area (Å²) in [5, 5.41) is 11.6. The molecular formula is C37H29N3. The van der Waals surface area contributed by atoms with Crippen LogP contribution in [0.25, 0.3) is 16.3 Å². The van der Waals surface area contributed by atoms with Crippen LogP contribution in [0.15, 0.2) is 133 Å². The van der Waals surface area contributed by atoms with Gasteiger partial charge in [-0.3, -0.25) is 0 Å². The lowest BCUT2D eigenvalue weighted by Crippen LogP contribution is -2.12. The molecule has 2 atom stereocenters. The van der Waals surface area contributed by atoms with E-state index in [1.807, 2.05) is 24.3 Å². The van der Waals surface area contributed by atoms with Gasteiger partial charge in [0.25, 0.3) is 0 Å². The van der Waals surface area contributed by atoms with Gasteiger partial charge in [0, 0.05) is 35.5 Å². The topological polar surface area (TPSA) is 30.3 Å². The molecule has 0 saturated heterocycles. The number of anilines is 5. The van der Waals surface area contributed by atoms with Crippen molar-refractivity contribution >= 4 is 44.8 Å². The Kier molecular flexibility index (Phi) is 5.95. The Bertz CT molecular complexity index is 1810. The average molecular weight is 516 g/mol. The molecule has 0 bridgehead atoms. The summed E-state index contributed by atoms with van der Waals surface area (Å²) >= 11 is 0. The van der Waals surface area contributed by atoms with Gasteiger partial charge >= 0.3 is 0 Å². The first-order valence-corrected chi connectivity index (χ1v) is 13.8. The minimum absolute atomic E-state index is 0.659. The van der Waals surface area contributed by atoms with E-state index >= 15 is 0 Å². The van der Waals surface area contributed by atoms with Crippen LogP contribution in [0, 0.1) is 23.2 Å². The van der Waals surface area contributed by atoms with Crippen molar-refractivity contribution in [3.8, 4) is 6.07 Å². The summed E-state index contributed by atoms with van der Waals surface area (Å²) in [7, 11) is 2.05. The second-order valence-corrected chi connectivity index (χ2v) is 10.7. The van der Waals surface area contributed by atoms with Crippen LogP contribution in [-0.2, 0) is 0 Å². The molecule has 0 aromatic heterocycles. The van der Waals surface area contributed by atoms with Crippen molar-refractivity contribution in [2.75, 3.05) is 16.8 Å². The Morgan fingerprint density at radius 1 is 0.675 bits per heavy atom. The first kappa shape index (κ1) is 24.0. The summed E-state index contributed by atoms with van der Waals surface area (Å²) < 4.78 is 0. The summed E-state index contributed by atoms with van der Waals surface area (Å²) in [6.07, 6.45) is 8.12. The highest BCUT2D eigenvalue weighted by atomic mass is 15.1. The maximum atomic E-state index is 9.14. The van der Waals surface area contributed by atoms with Crippen LogP contribution in [0.5, 0.6) is 0 Å². The van der Waals surface area contributed by atoms with Crippen LogP contribution in [0.3, 0.4) is 0 Å². The summed E-state index contributed by atoms with van der Waals surface area (Å²) in [6.45, 7) is 0. The quantitative estimate of drug-likeness (QED) is 0.226. The highest BCUT2D eigenvalue weighted by molar-refractivity contribution is 5.90. The van der Waals surface area contributed by atoms with Crippen molar-refractivity contribution in [1.82, 2.24) is 0 Å². The van der Waals surface area contributed by atoms with Crippen LogP contribution in [0.2, 0.25) is 0 Å². The zero-order valence-corrected chi connectivity index (χ0v) is 22.4. The Balaban J connectivity index is 1.28. The SMILES string of the molecule is CN(c1ccc(C#N)cc1)c1ccc(N(c2cccc(C3=CC=CC4CC34)c2)c2ccc3ccccc3c2)cc1. The molecule has 7 rings (SSSR count). The van der Waals surface area contributed by atoms with E-state index in [9.17, 15) is 0 Å². The van der Waals surface area contributed by atoms with Crippen molar-refractivity contribution in [2.24, 2.45) is 11.8 Å². The van der Waals surface area contributed by atoms with Crippen molar-refractivity contribution in [3.05, 3.63) is 145 Å². The molecule has 2 unspecified atom stereocenters. The minimum atomic E-state index is 0.659. The highest BCUT2D eigenvalue weighted by Gasteiger charge is 2.39. The summed E-state index contributed by atoms with van der Waals surface area (Å²) in [4.78, 5) is 4.49. The minimum Gasteiger partial charge on any atom is -0.345 e. The van der Waals surface area contributed by atoms with Gasteiger partial charge in [-0.05, 0) is 113 Å². The predicted octanol–water partition coefficient (Wildman–Crippen LogP) is 9.54. The zero-order valence-electron chi connectivity index (χ0n) is 22.4. The fraction of sp³-hybridized carbons (Fsp3) is 0.108. The number of allylic oxidation sites excluding steroid dienone is 4. The van der Waals surface area contributed by atoms with Gasteiger partial charge in [-0.25, -0.2) is 0 Å². The molecule has 0 heterocycles. The van der Waals surface area contributed by atoms with Gasteiger partial charge in [-0.15, -0.1) is 0 Å². The molecule has 0 spiro atoms. The lowest BCUT2D eigenvalue weighted by Gasteiger charge is -2.27.